The van der Waals surface area contributed by atoms with Crippen molar-refractivity contribution >= 4 is 5.69 Å². The Kier molecular flexibility index (Phi) is 6.08. The van der Waals surface area contributed by atoms with Crippen LogP contribution in [-0.2, 0) is 19.5 Å². The normalized spacial score (nSPS) is 13.9. The number of halogens is 3. The lowest BCUT2D eigenvalue weighted by atomic mass is 10.1. The van der Waals surface area contributed by atoms with Gasteiger partial charge < -0.3 is 10.5 Å². The van der Waals surface area contributed by atoms with E-state index in [1.165, 1.54) is 12.1 Å². The average Bonchev–Trinajstić information content (AvgIpc) is 2.84. The van der Waals surface area contributed by atoms with Crippen LogP contribution in [0.1, 0.15) is 16.8 Å². The van der Waals surface area contributed by atoms with Crippen molar-refractivity contribution in [3.63, 3.8) is 0 Å². The van der Waals surface area contributed by atoms with E-state index in [1.54, 1.807) is 24.4 Å². The first-order valence-corrected chi connectivity index (χ1v) is 11.1. The molecule has 9 heteroatoms. The third kappa shape index (κ3) is 5.41. The smallest absolute Gasteiger partial charge is 0.405 e. The van der Waals surface area contributed by atoms with Crippen LogP contribution < -0.4 is 10.5 Å². The van der Waals surface area contributed by atoms with Gasteiger partial charge in [0, 0.05) is 60.8 Å². The number of benzene rings is 2. The van der Waals surface area contributed by atoms with Crippen molar-refractivity contribution in [3.05, 3.63) is 89.9 Å². The minimum absolute atomic E-state index is 0.272. The number of para-hydroxylation sites is 1. The quantitative estimate of drug-likeness (QED) is 0.396. The summed E-state index contributed by atoms with van der Waals surface area (Å²) in [5, 5.41) is 0. The molecule has 0 saturated heterocycles. The molecule has 1 aliphatic heterocycles. The molecule has 0 saturated carbocycles. The van der Waals surface area contributed by atoms with E-state index < -0.39 is 6.36 Å². The number of alkyl halides is 3. The Morgan fingerprint density at radius 1 is 0.943 bits per heavy atom. The highest BCUT2D eigenvalue weighted by Crippen LogP contribution is 2.33. The summed E-state index contributed by atoms with van der Waals surface area (Å²) in [5.41, 5.74) is 11.2. The number of fused-ring (bicyclic) bond motifs is 1. The topological polar surface area (TPSA) is 77.2 Å². The zero-order valence-corrected chi connectivity index (χ0v) is 18.7. The Morgan fingerprint density at radius 2 is 1.74 bits per heavy atom. The maximum absolute atomic E-state index is 12.7. The highest BCUT2D eigenvalue weighted by Gasteiger charge is 2.32. The summed E-state index contributed by atoms with van der Waals surface area (Å²) in [6.07, 6.45) is -0.400. The van der Waals surface area contributed by atoms with Crippen LogP contribution in [0.25, 0.3) is 22.6 Å². The van der Waals surface area contributed by atoms with Crippen LogP contribution in [0.5, 0.6) is 5.75 Å². The van der Waals surface area contributed by atoms with Crippen molar-refractivity contribution in [2.24, 2.45) is 0 Å². The van der Waals surface area contributed by atoms with Crippen molar-refractivity contribution < 1.29 is 17.9 Å². The largest absolute Gasteiger partial charge is 0.573 e. The minimum Gasteiger partial charge on any atom is -0.405 e. The Balaban J connectivity index is 1.27. The van der Waals surface area contributed by atoms with Crippen LogP contribution in [0.4, 0.5) is 18.9 Å². The number of hydrogen-bond acceptors (Lipinski definition) is 6. The maximum Gasteiger partial charge on any atom is 0.573 e. The molecule has 0 bridgehead atoms. The molecule has 1 aliphatic rings. The summed E-state index contributed by atoms with van der Waals surface area (Å²) < 4.78 is 42.3. The molecule has 2 N–H and O–H groups in total. The van der Waals surface area contributed by atoms with E-state index in [-0.39, 0.29) is 11.3 Å². The standard InChI is InChI=1S/C26H22F3N5O/c27-26(28,29)35-24-4-2-1-3-21(24)23-10-5-17(13-31-23)15-34-12-11-22-19(16-34)14-32-25(33-22)18-6-8-20(30)9-7-18/h1-10,13-14H,11-12,15-16,30H2. The van der Waals surface area contributed by atoms with Gasteiger partial charge in [0.25, 0.3) is 0 Å². The monoisotopic (exact) mass is 477 g/mol. The number of rotatable bonds is 5. The highest BCUT2D eigenvalue weighted by atomic mass is 19.4. The summed E-state index contributed by atoms with van der Waals surface area (Å²) in [7, 11) is 0. The first kappa shape index (κ1) is 22.8. The van der Waals surface area contributed by atoms with Gasteiger partial charge >= 0.3 is 6.36 Å². The lowest BCUT2D eigenvalue weighted by Crippen LogP contribution is -2.31. The lowest BCUT2D eigenvalue weighted by molar-refractivity contribution is -0.274. The summed E-state index contributed by atoms with van der Waals surface area (Å²) in [6.45, 7) is 2.20. The molecule has 0 aliphatic carbocycles. The number of hydrogen-bond donors (Lipinski definition) is 1. The summed E-state index contributed by atoms with van der Waals surface area (Å²) in [5.74, 6) is 0.415. The Hall–Kier alpha value is -3.98. The number of anilines is 1. The molecule has 0 unspecified atom stereocenters. The number of ether oxygens (including phenoxy) is 1. The lowest BCUT2D eigenvalue weighted by Gasteiger charge is -2.28. The second-order valence-electron chi connectivity index (χ2n) is 8.34. The van der Waals surface area contributed by atoms with Gasteiger partial charge in [0.1, 0.15) is 5.75 Å². The summed E-state index contributed by atoms with van der Waals surface area (Å²) in [4.78, 5) is 15.9. The predicted octanol–water partition coefficient (Wildman–Crippen LogP) is 5.24. The Bertz CT molecular complexity index is 1320. The molecule has 0 amide bonds. The van der Waals surface area contributed by atoms with Gasteiger partial charge in [-0.1, -0.05) is 18.2 Å². The average molecular weight is 477 g/mol. The van der Waals surface area contributed by atoms with Crippen molar-refractivity contribution in [2.75, 3.05) is 12.3 Å². The fraction of sp³-hybridized carbons (Fsp3) is 0.192. The molecule has 0 radical (unpaired) electrons. The number of aromatic nitrogens is 3. The molecular formula is C26H22F3N5O. The third-order valence-electron chi connectivity index (χ3n) is 5.80. The van der Waals surface area contributed by atoms with E-state index in [9.17, 15) is 13.2 Å². The number of nitrogens with two attached hydrogens (primary N) is 1. The molecule has 0 fully saturated rings. The van der Waals surface area contributed by atoms with Crippen molar-refractivity contribution in [1.82, 2.24) is 19.9 Å². The van der Waals surface area contributed by atoms with Crippen LogP contribution in [0.15, 0.2) is 73.1 Å². The first-order chi connectivity index (χ1) is 16.8. The van der Waals surface area contributed by atoms with Gasteiger partial charge in [-0.2, -0.15) is 0 Å². The highest BCUT2D eigenvalue weighted by molar-refractivity contribution is 5.67. The van der Waals surface area contributed by atoms with Gasteiger partial charge in [-0.3, -0.25) is 9.88 Å². The number of nitrogen functional groups attached to an aromatic ring is 1. The number of nitrogens with zero attached hydrogens (tertiary/aromatic N) is 4. The zero-order valence-electron chi connectivity index (χ0n) is 18.7. The molecule has 0 spiro atoms. The van der Waals surface area contributed by atoms with Crippen LogP contribution in [0, 0.1) is 0 Å². The second-order valence-corrected chi connectivity index (χ2v) is 8.34. The minimum atomic E-state index is -4.76. The molecule has 178 valence electrons. The first-order valence-electron chi connectivity index (χ1n) is 11.1. The molecule has 2 aromatic carbocycles. The van der Waals surface area contributed by atoms with Crippen molar-refractivity contribution in [3.8, 4) is 28.4 Å². The van der Waals surface area contributed by atoms with Gasteiger partial charge in [-0.25, -0.2) is 9.97 Å². The molecule has 5 rings (SSSR count). The molecule has 6 nitrogen and oxygen atoms in total. The van der Waals surface area contributed by atoms with E-state index >= 15 is 0 Å². The van der Waals surface area contributed by atoms with Gasteiger partial charge in [0.2, 0.25) is 0 Å². The Labute approximate surface area is 200 Å². The molecular weight excluding hydrogens is 455 g/mol. The fourth-order valence-electron chi connectivity index (χ4n) is 4.11. The molecule has 3 heterocycles. The second kappa shape index (κ2) is 9.34. The van der Waals surface area contributed by atoms with Gasteiger partial charge in [0.15, 0.2) is 5.82 Å². The van der Waals surface area contributed by atoms with Gasteiger partial charge in [0.05, 0.1) is 11.4 Å². The summed E-state index contributed by atoms with van der Waals surface area (Å²) >= 11 is 0. The van der Waals surface area contributed by atoms with E-state index in [0.29, 0.717) is 30.3 Å². The van der Waals surface area contributed by atoms with E-state index in [4.69, 9.17) is 10.7 Å². The molecule has 2 aromatic heterocycles. The van der Waals surface area contributed by atoms with Crippen LogP contribution in [0.3, 0.4) is 0 Å². The zero-order chi connectivity index (χ0) is 24.4. The Morgan fingerprint density at radius 3 is 2.49 bits per heavy atom. The van der Waals surface area contributed by atoms with Crippen molar-refractivity contribution in [1.29, 1.82) is 0 Å². The number of pyridine rings is 1. The SMILES string of the molecule is Nc1ccc(-c2ncc3c(n2)CCN(Cc2ccc(-c4ccccc4OC(F)(F)F)nc2)C3)cc1. The van der Waals surface area contributed by atoms with Crippen LogP contribution in [0.2, 0.25) is 0 Å². The van der Waals surface area contributed by atoms with E-state index in [0.717, 1.165) is 35.3 Å². The molecule has 0 atom stereocenters. The van der Waals surface area contributed by atoms with Gasteiger partial charge in [-0.15, -0.1) is 13.2 Å². The van der Waals surface area contributed by atoms with Crippen LogP contribution >= 0.6 is 0 Å². The predicted molar refractivity (Wildman–Crippen MR) is 126 cm³/mol. The summed E-state index contributed by atoms with van der Waals surface area (Å²) in [6, 6.07) is 17.1. The third-order valence-corrected chi connectivity index (χ3v) is 5.80. The maximum atomic E-state index is 12.7. The van der Waals surface area contributed by atoms with E-state index in [2.05, 4.69) is 19.6 Å². The molecule has 4 aromatic rings. The fourth-order valence-corrected chi connectivity index (χ4v) is 4.11. The van der Waals surface area contributed by atoms with Gasteiger partial charge in [-0.05, 0) is 48.0 Å². The van der Waals surface area contributed by atoms with E-state index in [1.807, 2.05) is 36.5 Å². The van der Waals surface area contributed by atoms with Crippen LogP contribution in [-0.4, -0.2) is 32.8 Å². The van der Waals surface area contributed by atoms with Crippen molar-refractivity contribution in [2.45, 2.75) is 25.9 Å². The molecule has 35 heavy (non-hydrogen) atoms.